The van der Waals surface area contributed by atoms with Gasteiger partial charge in [-0.2, -0.15) is 0 Å². The third-order valence-corrected chi connectivity index (χ3v) is 1.92. The van der Waals surface area contributed by atoms with Gasteiger partial charge < -0.3 is 11.5 Å². The fourth-order valence-electron chi connectivity index (χ4n) is 1.31. The van der Waals surface area contributed by atoms with Crippen molar-refractivity contribution < 1.29 is 0 Å². The van der Waals surface area contributed by atoms with Gasteiger partial charge in [-0.25, -0.2) is 9.97 Å². The molecule has 2 aromatic heterocycles. The highest BCUT2D eigenvalue weighted by Crippen LogP contribution is 2.17. The standard InChI is InChI=1S/C10H11N5/c1-6-4-9(15-10(12)14-6)8-5-7(11)2-3-13-8/h2-5H,1H3,(H2,11,13)(H2,12,14,15). The second-order valence-corrected chi connectivity index (χ2v) is 3.23. The summed E-state index contributed by atoms with van der Waals surface area (Å²) >= 11 is 0. The number of hydrogen-bond donors (Lipinski definition) is 2. The molecular weight excluding hydrogens is 190 g/mol. The lowest BCUT2D eigenvalue weighted by molar-refractivity contribution is 1.11. The molecule has 0 aliphatic heterocycles. The molecule has 2 heterocycles. The van der Waals surface area contributed by atoms with Crippen LogP contribution in [-0.4, -0.2) is 15.0 Å². The molecule has 0 saturated carbocycles. The van der Waals surface area contributed by atoms with Gasteiger partial charge >= 0.3 is 0 Å². The maximum atomic E-state index is 5.66. The van der Waals surface area contributed by atoms with Gasteiger partial charge in [0.1, 0.15) is 0 Å². The molecule has 0 amide bonds. The zero-order valence-electron chi connectivity index (χ0n) is 8.31. The molecule has 0 saturated heterocycles. The molecule has 0 spiro atoms. The number of aryl methyl sites for hydroxylation is 1. The van der Waals surface area contributed by atoms with Crippen LogP contribution in [0.3, 0.4) is 0 Å². The molecule has 0 aromatic carbocycles. The van der Waals surface area contributed by atoms with Gasteiger partial charge in [-0.1, -0.05) is 0 Å². The van der Waals surface area contributed by atoms with Crippen LogP contribution in [0.2, 0.25) is 0 Å². The summed E-state index contributed by atoms with van der Waals surface area (Å²) in [4.78, 5) is 12.3. The van der Waals surface area contributed by atoms with Crippen molar-refractivity contribution in [3.8, 4) is 11.4 Å². The van der Waals surface area contributed by atoms with Crippen molar-refractivity contribution in [3.63, 3.8) is 0 Å². The molecule has 0 radical (unpaired) electrons. The highest BCUT2D eigenvalue weighted by molar-refractivity contribution is 5.60. The fourth-order valence-corrected chi connectivity index (χ4v) is 1.31. The lowest BCUT2D eigenvalue weighted by Gasteiger charge is -2.02. The number of nitrogens with zero attached hydrogens (tertiary/aromatic N) is 3. The molecule has 2 aromatic rings. The van der Waals surface area contributed by atoms with Gasteiger partial charge in [-0.05, 0) is 25.1 Å². The van der Waals surface area contributed by atoms with Crippen LogP contribution in [0.15, 0.2) is 24.4 Å². The van der Waals surface area contributed by atoms with Gasteiger partial charge in [-0.15, -0.1) is 0 Å². The summed E-state index contributed by atoms with van der Waals surface area (Å²) in [6.07, 6.45) is 1.64. The van der Waals surface area contributed by atoms with E-state index in [4.69, 9.17) is 11.5 Å². The van der Waals surface area contributed by atoms with Crippen molar-refractivity contribution in [1.82, 2.24) is 15.0 Å². The summed E-state index contributed by atoms with van der Waals surface area (Å²) in [6.45, 7) is 1.85. The number of nitrogens with two attached hydrogens (primary N) is 2. The van der Waals surface area contributed by atoms with E-state index in [2.05, 4.69) is 15.0 Å². The Kier molecular flexibility index (Phi) is 2.21. The summed E-state index contributed by atoms with van der Waals surface area (Å²) in [5.41, 5.74) is 14.1. The molecule has 76 valence electrons. The highest BCUT2D eigenvalue weighted by Gasteiger charge is 2.03. The molecule has 0 aliphatic carbocycles. The van der Waals surface area contributed by atoms with Gasteiger partial charge in [0.15, 0.2) is 0 Å². The minimum atomic E-state index is 0.245. The van der Waals surface area contributed by atoms with E-state index in [0.717, 1.165) is 5.69 Å². The summed E-state index contributed by atoms with van der Waals surface area (Å²) in [6, 6.07) is 5.29. The van der Waals surface area contributed by atoms with E-state index in [9.17, 15) is 0 Å². The molecule has 0 aliphatic rings. The number of pyridine rings is 1. The van der Waals surface area contributed by atoms with Crippen LogP contribution in [0.4, 0.5) is 11.6 Å². The molecule has 5 nitrogen and oxygen atoms in total. The van der Waals surface area contributed by atoms with E-state index in [1.54, 1.807) is 18.3 Å². The Morgan fingerprint density at radius 2 is 1.87 bits per heavy atom. The zero-order valence-corrected chi connectivity index (χ0v) is 8.31. The average Bonchev–Trinajstić information content (AvgIpc) is 2.16. The van der Waals surface area contributed by atoms with Gasteiger partial charge in [0.25, 0.3) is 0 Å². The highest BCUT2D eigenvalue weighted by atomic mass is 15.0. The molecular formula is C10H11N5. The van der Waals surface area contributed by atoms with Crippen LogP contribution in [0.1, 0.15) is 5.69 Å². The van der Waals surface area contributed by atoms with E-state index >= 15 is 0 Å². The van der Waals surface area contributed by atoms with E-state index in [1.807, 2.05) is 13.0 Å². The van der Waals surface area contributed by atoms with E-state index in [0.29, 0.717) is 17.1 Å². The summed E-state index contributed by atoms with van der Waals surface area (Å²) < 4.78 is 0. The number of rotatable bonds is 1. The number of hydrogen-bond acceptors (Lipinski definition) is 5. The van der Waals surface area contributed by atoms with Gasteiger partial charge in [0.2, 0.25) is 5.95 Å². The Labute approximate surface area is 87.2 Å². The largest absolute Gasteiger partial charge is 0.399 e. The summed E-state index contributed by atoms with van der Waals surface area (Å²) in [7, 11) is 0. The smallest absolute Gasteiger partial charge is 0.220 e. The first-order valence-corrected chi connectivity index (χ1v) is 4.48. The molecule has 4 N–H and O–H groups in total. The Bertz CT molecular complexity index is 475. The monoisotopic (exact) mass is 201 g/mol. The Morgan fingerprint density at radius 3 is 2.53 bits per heavy atom. The fraction of sp³-hybridized carbons (Fsp3) is 0.100. The second-order valence-electron chi connectivity index (χ2n) is 3.23. The predicted molar refractivity (Wildman–Crippen MR) is 58.8 cm³/mol. The number of anilines is 2. The summed E-state index contributed by atoms with van der Waals surface area (Å²) in [5.74, 6) is 0.245. The van der Waals surface area contributed by atoms with Crippen molar-refractivity contribution in [2.75, 3.05) is 11.5 Å². The second kappa shape index (κ2) is 3.53. The van der Waals surface area contributed by atoms with Crippen molar-refractivity contribution >= 4 is 11.6 Å². The predicted octanol–water partition coefficient (Wildman–Crippen LogP) is 1.01. The lowest BCUT2D eigenvalue weighted by Crippen LogP contribution is -1.99. The minimum absolute atomic E-state index is 0.245. The SMILES string of the molecule is Cc1cc(-c2cc(N)ccn2)nc(N)n1. The topological polar surface area (TPSA) is 90.7 Å². The van der Waals surface area contributed by atoms with Crippen LogP contribution < -0.4 is 11.5 Å². The van der Waals surface area contributed by atoms with Crippen molar-refractivity contribution in [2.24, 2.45) is 0 Å². The van der Waals surface area contributed by atoms with Gasteiger partial charge in [0, 0.05) is 17.6 Å². The first-order valence-electron chi connectivity index (χ1n) is 4.48. The molecule has 0 fully saturated rings. The average molecular weight is 201 g/mol. The number of aromatic nitrogens is 3. The maximum absolute atomic E-state index is 5.66. The summed E-state index contributed by atoms with van der Waals surface area (Å²) in [5, 5.41) is 0. The Balaban J connectivity index is 2.54. The zero-order chi connectivity index (χ0) is 10.8. The van der Waals surface area contributed by atoms with E-state index < -0.39 is 0 Å². The van der Waals surface area contributed by atoms with Crippen molar-refractivity contribution in [3.05, 3.63) is 30.1 Å². The first kappa shape index (κ1) is 9.39. The quantitative estimate of drug-likeness (QED) is 0.718. The Morgan fingerprint density at radius 1 is 1.07 bits per heavy atom. The van der Waals surface area contributed by atoms with Crippen LogP contribution in [-0.2, 0) is 0 Å². The van der Waals surface area contributed by atoms with Crippen molar-refractivity contribution in [1.29, 1.82) is 0 Å². The molecule has 0 unspecified atom stereocenters. The first-order chi connectivity index (χ1) is 7.15. The van der Waals surface area contributed by atoms with Gasteiger partial charge in [0.05, 0.1) is 11.4 Å². The van der Waals surface area contributed by atoms with Crippen molar-refractivity contribution in [2.45, 2.75) is 6.92 Å². The van der Waals surface area contributed by atoms with Crippen LogP contribution in [0, 0.1) is 6.92 Å². The lowest BCUT2D eigenvalue weighted by atomic mass is 10.2. The third-order valence-electron chi connectivity index (χ3n) is 1.92. The molecule has 2 rings (SSSR count). The van der Waals surface area contributed by atoms with E-state index in [-0.39, 0.29) is 5.95 Å². The molecule has 0 atom stereocenters. The van der Waals surface area contributed by atoms with Gasteiger partial charge in [-0.3, -0.25) is 4.98 Å². The van der Waals surface area contributed by atoms with Crippen LogP contribution in [0.25, 0.3) is 11.4 Å². The molecule has 15 heavy (non-hydrogen) atoms. The number of nitrogen functional groups attached to an aromatic ring is 2. The normalized spacial score (nSPS) is 10.2. The van der Waals surface area contributed by atoms with Crippen LogP contribution in [0.5, 0.6) is 0 Å². The molecule has 5 heteroatoms. The Hall–Kier alpha value is -2.17. The van der Waals surface area contributed by atoms with Crippen LogP contribution >= 0.6 is 0 Å². The third kappa shape index (κ3) is 2.01. The minimum Gasteiger partial charge on any atom is -0.399 e. The maximum Gasteiger partial charge on any atom is 0.220 e. The van der Waals surface area contributed by atoms with E-state index in [1.165, 1.54) is 0 Å². The molecule has 0 bridgehead atoms.